The second-order valence-electron chi connectivity index (χ2n) is 11.0. The number of carboxylic acid groups (broad SMARTS) is 1. The number of nitrogens with zero attached hydrogens (tertiary/aromatic N) is 5. The smallest absolute Gasteiger partial charge is 0.352 e. The molecule has 3 aromatic rings. The molecule has 4 amide bonds. The van der Waals surface area contributed by atoms with Crippen LogP contribution >= 0.6 is 23.3 Å². The number of anilines is 2. The first-order valence-corrected chi connectivity index (χ1v) is 16.5. The molecule has 0 saturated carbocycles. The monoisotopic (exact) mass is 723 g/mol. The fourth-order valence-electron chi connectivity index (χ4n) is 5.90. The van der Waals surface area contributed by atoms with E-state index in [0.29, 0.717) is 5.56 Å². The number of rotatable bonds is 10. The topological polar surface area (TPSA) is 262 Å². The number of aromatic nitrogens is 3. The second kappa shape index (κ2) is 13.9. The number of pyridine rings is 1. The SMILES string of the molecule is Nc1nc(C(=NO)C(=O)N[C@@H]2C(=O)N3C(C(=O)O)=C(C(=C4CCNC4=O)C(CC(=O)Nc4ccc(O)c(F)c4)c4ccncc4)CS[C@H]23)ns1. The fraction of sp³-hybridized carbons (Fsp3) is 0.233. The Hall–Kier alpha value is -5.89. The minimum Gasteiger partial charge on any atom is -0.505 e. The molecule has 20 heteroatoms. The molecule has 50 heavy (non-hydrogen) atoms. The summed E-state index contributed by atoms with van der Waals surface area (Å²) in [7, 11) is 0. The summed E-state index contributed by atoms with van der Waals surface area (Å²) in [5, 5.41) is 39.3. The molecule has 258 valence electrons. The number of halogens is 1. The maximum atomic E-state index is 14.0. The molecule has 2 aromatic heterocycles. The standard InChI is InChI=1S/C30H26FN9O8S2/c31-17-9-13(1-2-18(17)41)35-19(42)10-15(12-3-6-33-7-4-12)20(14-5-8-34-25(14)43)16-11-49-28-22(27(45)40(28)23(16)29(46)47)36-26(44)21(38-48)24-37-30(32)50-39-24/h1-4,6-7,9,15,22,28,41,48H,5,8,10-11H2,(H,34,43)(H,35,42)(H,36,44)(H,46,47)(H2,32,37,39)/t15?,22-,28-/m1/s1. The Balaban J connectivity index is 1.37. The fourth-order valence-corrected chi connectivity index (χ4v) is 7.70. The van der Waals surface area contributed by atoms with Gasteiger partial charge in [-0.3, -0.25) is 29.1 Å². The van der Waals surface area contributed by atoms with E-state index in [9.17, 15) is 43.8 Å². The van der Waals surface area contributed by atoms with Crippen molar-refractivity contribution in [2.24, 2.45) is 5.16 Å². The van der Waals surface area contributed by atoms with Crippen LogP contribution in [0.5, 0.6) is 5.75 Å². The van der Waals surface area contributed by atoms with Gasteiger partial charge >= 0.3 is 5.97 Å². The Kier molecular flexibility index (Phi) is 9.46. The normalized spacial score (nSPS) is 20.4. The largest absolute Gasteiger partial charge is 0.505 e. The van der Waals surface area contributed by atoms with Gasteiger partial charge in [0.15, 0.2) is 16.7 Å². The van der Waals surface area contributed by atoms with Gasteiger partial charge in [-0.15, -0.1) is 11.8 Å². The van der Waals surface area contributed by atoms with Crippen molar-refractivity contribution in [3.63, 3.8) is 0 Å². The number of hydrogen-bond acceptors (Lipinski definition) is 14. The number of carbonyl (C=O) groups is 5. The molecule has 6 rings (SSSR count). The van der Waals surface area contributed by atoms with Crippen molar-refractivity contribution in [3.8, 4) is 5.75 Å². The second-order valence-corrected chi connectivity index (χ2v) is 12.9. The van der Waals surface area contributed by atoms with Crippen LogP contribution in [-0.2, 0) is 24.0 Å². The van der Waals surface area contributed by atoms with Crippen LogP contribution in [0, 0.1) is 5.82 Å². The van der Waals surface area contributed by atoms with Crippen LogP contribution in [0.25, 0.3) is 0 Å². The maximum absolute atomic E-state index is 14.0. The highest BCUT2D eigenvalue weighted by molar-refractivity contribution is 8.00. The number of β-lactam (4-membered cyclic amide) rings is 1. The van der Waals surface area contributed by atoms with E-state index in [1.54, 1.807) is 12.1 Å². The maximum Gasteiger partial charge on any atom is 0.352 e. The summed E-state index contributed by atoms with van der Waals surface area (Å²) in [4.78, 5) is 75.0. The number of aromatic hydroxyl groups is 1. The Bertz CT molecular complexity index is 2020. The van der Waals surface area contributed by atoms with E-state index in [-0.39, 0.29) is 58.5 Å². The first kappa shape index (κ1) is 34.0. The number of fused-ring (bicyclic) bond motifs is 1. The number of oxime groups is 1. The average Bonchev–Trinajstić information content (AvgIpc) is 3.72. The summed E-state index contributed by atoms with van der Waals surface area (Å²) >= 11 is 1.87. The van der Waals surface area contributed by atoms with Crippen LogP contribution in [0.4, 0.5) is 15.2 Å². The van der Waals surface area contributed by atoms with Crippen LogP contribution in [0.1, 0.15) is 30.1 Å². The summed E-state index contributed by atoms with van der Waals surface area (Å²) < 4.78 is 17.9. The van der Waals surface area contributed by atoms with Crippen LogP contribution in [0.15, 0.2) is 70.3 Å². The highest BCUT2D eigenvalue weighted by Gasteiger charge is 2.55. The summed E-state index contributed by atoms with van der Waals surface area (Å²) in [5.41, 5.74) is 5.65. The number of nitrogen functional groups attached to an aromatic ring is 1. The van der Waals surface area contributed by atoms with Gasteiger partial charge in [0, 0.05) is 65.9 Å². The summed E-state index contributed by atoms with van der Waals surface area (Å²) in [6, 6.07) is 5.30. The van der Waals surface area contributed by atoms with Crippen molar-refractivity contribution in [1.29, 1.82) is 0 Å². The molecular formula is C30H26FN9O8S2. The molecule has 1 aromatic carbocycles. The van der Waals surface area contributed by atoms with Crippen LogP contribution < -0.4 is 21.7 Å². The average molecular weight is 724 g/mol. The number of nitrogens with one attached hydrogen (secondary N) is 3. The number of carboxylic acids is 1. The van der Waals surface area contributed by atoms with E-state index in [1.165, 1.54) is 18.5 Å². The summed E-state index contributed by atoms with van der Waals surface area (Å²) in [5.74, 6) is -7.19. The van der Waals surface area contributed by atoms with Crippen LogP contribution in [0.2, 0.25) is 0 Å². The van der Waals surface area contributed by atoms with Gasteiger partial charge in [0.25, 0.3) is 11.8 Å². The number of nitrogens with two attached hydrogens (primary N) is 1. The first-order chi connectivity index (χ1) is 24.0. The van der Waals surface area contributed by atoms with Gasteiger partial charge in [0.05, 0.1) is 0 Å². The van der Waals surface area contributed by atoms with Crippen LogP contribution in [-0.4, -0.2) is 93.7 Å². The van der Waals surface area contributed by atoms with E-state index in [2.05, 4.69) is 35.4 Å². The minimum atomic E-state index is -1.49. The lowest BCUT2D eigenvalue weighted by molar-refractivity contribution is -0.150. The number of phenolic OH excluding ortho intramolecular Hbond substituents is 1. The van der Waals surface area contributed by atoms with Crippen molar-refractivity contribution < 1.29 is 43.8 Å². The number of phenols is 1. The molecule has 0 bridgehead atoms. The van der Waals surface area contributed by atoms with Crippen molar-refractivity contribution in [3.05, 3.63) is 82.3 Å². The number of amides is 4. The lowest BCUT2D eigenvalue weighted by atomic mass is 9.80. The third-order valence-corrected chi connectivity index (χ3v) is 9.91. The van der Waals surface area contributed by atoms with Gasteiger partial charge in [-0.1, -0.05) is 5.16 Å². The van der Waals surface area contributed by atoms with E-state index < -0.39 is 69.9 Å². The molecule has 2 saturated heterocycles. The Morgan fingerprint density at radius 2 is 1.96 bits per heavy atom. The molecule has 0 spiro atoms. The molecule has 3 aliphatic rings. The zero-order valence-corrected chi connectivity index (χ0v) is 27.1. The first-order valence-electron chi connectivity index (χ1n) is 14.7. The lowest BCUT2D eigenvalue weighted by Crippen LogP contribution is -2.71. The van der Waals surface area contributed by atoms with Gasteiger partial charge in [-0.05, 0) is 47.4 Å². The molecule has 0 aliphatic carbocycles. The van der Waals surface area contributed by atoms with Crippen molar-refractivity contribution in [2.75, 3.05) is 23.3 Å². The molecule has 5 heterocycles. The van der Waals surface area contributed by atoms with E-state index >= 15 is 0 Å². The molecule has 17 nitrogen and oxygen atoms in total. The zero-order chi connectivity index (χ0) is 35.7. The predicted octanol–water partition coefficient (Wildman–Crippen LogP) is 0.906. The number of thioether (sulfide) groups is 1. The highest BCUT2D eigenvalue weighted by Crippen LogP contribution is 2.47. The molecule has 3 atom stereocenters. The third-order valence-electron chi connectivity index (χ3n) is 8.09. The van der Waals surface area contributed by atoms with E-state index in [1.807, 2.05) is 0 Å². The highest BCUT2D eigenvalue weighted by atomic mass is 32.2. The third kappa shape index (κ3) is 6.44. The number of aliphatic carboxylic acids is 1. The number of carbonyl (C=O) groups excluding carboxylic acids is 4. The Morgan fingerprint density at radius 3 is 2.58 bits per heavy atom. The van der Waals surface area contributed by atoms with Gasteiger partial charge in [-0.2, -0.15) is 9.36 Å². The quantitative estimate of drug-likeness (QED) is 0.0384. The van der Waals surface area contributed by atoms with E-state index in [0.717, 1.165) is 40.3 Å². The molecular weight excluding hydrogens is 698 g/mol. The molecule has 8 N–H and O–H groups in total. The number of hydrogen-bond donors (Lipinski definition) is 7. The van der Waals surface area contributed by atoms with Crippen molar-refractivity contribution in [2.45, 2.75) is 30.2 Å². The molecule has 3 aliphatic heterocycles. The van der Waals surface area contributed by atoms with Gasteiger partial charge in [-0.25, -0.2) is 9.18 Å². The van der Waals surface area contributed by atoms with E-state index in [4.69, 9.17) is 5.73 Å². The Labute approximate surface area is 289 Å². The summed E-state index contributed by atoms with van der Waals surface area (Å²) in [6.45, 7) is 0.246. The van der Waals surface area contributed by atoms with Gasteiger partial charge in [0.1, 0.15) is 17.1 Å². The number of benzene rings is 1. The molecule has 2 fully saturated rings. The number of allylic oxidation sites excluding steroid dienone is 1. The molecule has 1 unspecified atom stereocenters. The summed E-state index contributed by atoms with van der Waals surface area (Å²) in [6.07, 6.45) is 2.79. The minimum absolute atomic E-state index is 0.00381. The van der Waals surface area contributed by atoms with Gasteiger partial charge in [0.2, 0.25) is 23.4 Å². The Morgan fingerprint density at radius 1 is 1.20 bits per heavy atom. The predicted molar refractivity (Wildman–Crippen MR) is 175 cm³/mol. The van der Waals surface area contributed by atoms with Crippen molar-refractivity contribution in [1.82, 2.24) is 29.9 Å². The zero-order valence-electron chi connectivity index (χ0n) is 25.5. The van der Waals surface area contributed by atoms with Crippen LogP contribution in [0.3, 0.4) is 0 Å². The lowest BCUT2D eigenvalue weighted by Gasteiger charge is -2.50. The van der Waals surface area contributed by atoms with Crippen molar-refractivity contribution >= 4 is 69.4 Å². The molecule has 0 radical (unpaired) electrons. The van der Waals surface area contributed by atoms with Gasteiger partial charge < -0.3 is 37.1 Å².